The number of carbonyl (C=O) groups is 1. The maximum absolute atomic E-state index is 13.1. The number of alkyl halides is 3. The average molecular weight is 488 g/mol. The van der Waals surface area contributed by atoms with Gasteiger partial charge in [-0.2, -0.15) is 17.9 Å². The number of aromatic nitrogens is 1. The first-order chi connectivity index (χ1) is 15.5. The van der Waals surface area contributed by atoms with E-state index in [0.717, 1.165) is 13.3 Å². The zero-order chi connectivity index (χ0) is 24.4. The van der Waals surface area contributed by atoms with Gasteiger partial charge in [-0.25, -0.2) is 8.42 Å². The Balaban J connectivity index is 1.93. The van der Waals surface area contributed by atoms with Gasteiger partial charge < -0.3 is 19.0 Å². The Kier molecular flexibility index (Phi) is 6.95. The van der Waals surface area contributed by atoms with Crippen LogP contribution in [0.1, 0.15) is 17.0 Å². The number of aryl methyl sites for hydroxylation is 1. The molecule has 2 N–H and O–H groups in total. The van der Waals surface area contributed by atoms with Gasteiger partial charge in [-0.05, 0) is 31.2 Å². The standard InChI is InChI=1S/C20H19F3N2O7S/c1-11-17(33(28,29)25-15(9-26)19(27)30-2)14-8-13(5-6-16(14)32-11)31-10-12-4-3-7-24-18(12)20(21,22)23/h3-8,15,25-26H,9-10H2,1-2H3/t15-/m0/s1. The normalized spacial score (nSPS) is 13.2. The van der Waals surface area contributed by atoms with Crippen LogP contribution < -0.4 is 9.46 Å². The summed E-state index contributed by atoms with van der Waals surface area (Å²) in [6.07, 6.45) is -3.65. The van der Waals surface area contributed by atoms with Gasteiger partial charge in [-0.3, -0.25) is 9.78 Å². The van der Waals surface area contributed by atoms with Crippen LogP contribution in [0.4, 0.5) is 13.2 Å². The number of aliphatic hydroxyl groups is 1. The summed E-state index contributed by atoms with van der Waals surface area (Å²) in [5.74, 6) is -0.932. The molecule has 0 fully saturated rings. The van der Waals surface area contributed by atoms with Crippen molar-refractivity contribution >= 4 is 27.0 Å². The van der Waals surface area contributed by atoms with Gasteiger partial charge in [0.25, 0.3) is 0 Å². The van der Waals surface area contributed by atoms with E-state index in [1.165, 1.54) is 37.3 Å². The monoisotopic (exact) mass is 488 g/mol. The number of pyridine rings is 1. The number of methoxy groups -OCH3 is 1. The van der Waals surface area contributed by atoms with Crippen LogP contribution in [0.5, 0.6) is 5.75 Å². The summed E-state index contributed by atoms with van der Waals surface area (Å²) in [6.45, 7) is 0.0640. The Morgan fingerprint density at radius 1 is 1.30 bits per heavy atom. The average Bonchev–Trinajstić information content (AvgIpc) is 3.10. The zero-order valence-corrected chi connectivity index (χ0v) is 18.2. The fraction of sp³-hybridized carbons (Fsp3) is 0.300. The van der Waals surface area contributed by atoms with Crippen LogP contribution in [0.2, 0.25) is 0 Å². The Morgan fingerprint density at radius 3 is 2.67 bits per heavy atom. The Labute approximate surface area is 186 Å². The molecule has 0 saturated heterocycles. The first-order valence-electron chi connectivity index (χ1n) is 9.36. The lowest BCUT2D eigenvalue weighted by atomic mass is 10.2. The molecule has 0 aliphatic carbocycles. The minimum Gasteiger partial charge on any atom is -0.489 e. The SMILES string of the molecule is COC(=O)[C@H](CO)NS(=O)(=O)c1c(C)oc2ccc(OCc3cccnc3C(F)(F)F)cc12. The van der Waals surface area contributed by atoms with Gasteiger partial charge in [0.1, 0.15) is 34.6 Å². The third-order valence-corrected chi connectivity index (χ3v) is 6.21. The van der Waals surface area contributed by atoms with Crippen molar-refractivity contribution < 1.29 is 45.4 Å². The van der Waals surface area contributed by atoms with Gasteiger partial charge in [0, 0.05) is 17.1 Å². The number of furan rings is 1. The fourth-order valence-electron chi connectivity index (χ4n) is 3.12. The minimum absolute atomic E-state index is 0.0113. The smallest absolute Gasteiger partial charge is 0.433 e. The number of benzene rings is 1. The number of rotatable bonds is 8. The Bertz CT molecular complexity index is 1270. The predicted molar refractivity (Wildman–Crippen MR) is 108 cm³/mol. The van der Waals surface area contributed by atoms with E-state index in [1.54, 1.807) is 0 Å². The van der Waals surface area contributed by atoms with Gasteiger partial charge in [0.15, 0.2) is 5.69 Å². The van der Waals surface area contributed by atoms with E-state index in [2.05, 4.69) is 9.72 Å². The number of ether oxygens (including phenoxy) is 2. The molecule has 0 aliphatic heterocycles. The molecule has 1 atom stereocenters. The van der Waals surface area contributed by atoms with Crippen LogP contribution >= 0.6 is 0 Å². The molecule has 2 heterocycles. The Morgan fingerprint density at radius 2 is 2.03 bits per heavy atom. The molecular formula is C20H19F3N2O7S. The Hall–Kier alpha value is -3.16. The summed E-state index contributed by atoms with van der Waals surface area (Å²) in [6, 6.07) is 5.10. The van der Waals surface area contributed by atoms with Gasteiger partial charge in [0.2, 0.25) is 10.0 Å². The van der Waals surface area contributed by atoms with Crippen LogP contribution in [0.3, 0.4) is 0 Å². The van der Waals surface area contributed by atoms with E-state index in [9.17, 15) is 31.5 Å². The number of esters is 1. The molecule has 178 valence electrons. The highest BCUT2D eigenvalue weighted by atomic mass is 32.2. The molecule has 33 heavy (non-hydrogen) atoms. The number of hydrogen-bond donors (Lipinski definition) is 2. The molecule has 0 unspecified atom stereocenters. The molecule has 0 saturated carbocycles. The van der Waals surface area contributed by atoms with E-state index < -0.39 is 47.1 Å². The van der Waals surface area contributed by atoms with E-state index >= 15 is 0 Å². The number of sulfonamides is 1. The first-order valence-corrected chi connectivity index (χ1v) is 10.8. The van der Waals surface area contributed by atoms with E-state index in [0.29, 0.717) is 0 Å². The van der Waals surface area contributed by atoms with E-state index in [4.69, 9.17) is 9.15 Å². The first kappa shape index (κ1) is 24.5. The van der Waals surface area contributed by atoms with Crippen molar-refractivity contribution in [2.24, 2.45) is 0 Å². The summed E-state index contributed by atoms with van der Waals surface area (Å²) < 4.78 is 82.6. The third kappa shape index (κ3) is 5.26. The number of hydrogen-bond acceptors (Lipinski definition) is 8. The fourth-order valence-corrected chi connectivity index (χ4v) is 4.65. The van der Waals surface area contributed by atoms with Crippen molar-refractivity contribution in [3.05, 3.63) is 53.5 Å². The topological polar surface area (TPSA) is 128 Å². The second-order valence-electron chi connectivity index (χ2n) is 6.82. The maximum Gasteiger partial charge on any atom is 0.433 e. The molecule has 0 aliphatic rings. The summed E-state index contributed by atoms with van der Waals surface area (Å²) in [7, 11) is -3.33. The quantitative estimate of drug-likeness (QED) is 0.463. The van der Waals surface area contributed by atoms with Crippen molar-refractivity contribution in [3.63, 3.8) is 0 Å². The third-order valence-electron chi connectivity index (χ3n) is 4.57. The summed E-state index contributed by atoms with van der Waals surface area (Å²) in [4.78, 5) is 14.7. The van der Waals surface area contributed by atoms with E-state index in [1.807, 2.05) is 4.72 Å². The van der Waals surface area contributed by atoms with Crippen LogP contribution in [-0.4, -0.2) is 44.2 Å². The molecule has 0 amide bonds. The van der Waals surface area contributed by atoms with Crippen molar-refractivity contribution in [1.29, 1.82) is 0 Å². The molecule has 13 heteroatoms. The largest absolute Gasteiger partial charge is 0.489 e. The highest BCUT2D eigenvalue weighted by Gasteiger charge is 2.35. The lowest BCUT2D eigenvalue weighted by molar-refractivity contribution is -0.143. The number of halogens is 3. The van der Waals surface area contributed by atoms with Crippen molar-refractivity contribution in [3.8, 4) is 5.75 Å². The molecule has 2 aromatic heterocycles. The molecule has 3 aromatic rings. The zero-order valence-electron chi connectivity index (χ0n) is 17.3. The van der Waals surface area contributed by atoms with Crippen LogP contribution in [0, 0.1) is 6.92 Å². The second-order valence-corrected chi connectivity index (χ2v) is 8.47. The minimum atomic E-state index is -4.67. The van der Waals surface area contributed by atoms with Gasteiger partial charge in [-0.15, -0.1) is 0 Å². The lowest BCUT2D eigenvalue weighted by Gasteiger charge is -2.14. The second kappa shape index (κ2) is 9.37. The summed E-state index contributed by atoms with van der Waals surface area (Å²) in [5.41, 5.74) is -1.13. The molecule has 1 aromatic carbocycles. The predicted octanol–water partition coefficient (Wildman–Crippen LogP) is 2.55. The van der Waals surface area contributed by atoms with Crippen LogP contribution in [-0.2, 0) is 32.3 Å². The van der Waals surface area contributed by atoms with Crippen molar-refractivity contribution in [2.45, 2.75) is 30.6 Å². The van der Waals surface area contributed by atoms with Crippen molar-refractivity contribution in [2.75, 3.05) is 13.7 Å². The van der Waals surface area contributed by atoms with Gasteiger partial charge in [-0.1, -0.05) is 6.07 Å². The number of nitrogens with zero attached hydrogens (tertiary/aromatic N) is 1. The molecule has 9 nitrogen and oxygen atoms in total. The molecule has 0 radical (unpaired) electrons. The van der Waals surface area contributed by atoms with Crippen LogP contribution in [0.25, 0.3) is 11.0 Å². The molecular weight excluding hydrogens is 469 g/mol. The highest BCUT2D eigenvalue weighted by molar-refractivity contribution is 7.89. The molecule has 0 bridgehead atoms. The summed E-state index contributed by atoms with van der Waals surface area (Å²) in [5, 5.41) is 9.39. The number of aliphatic hydroxyl groups excluding tert-OH is 1. The lowest BCUT2D eigenvalue weighted by Crippen LogP contribution is -2.44. The number of nitrogens with one attached hydrogen (secondary N) is 1. The number of carbonyl (C=O) groups excluding carboxylic acids is 1. The van der Waals surface area contributed by atoms with Crippen LogP contribution in [0.15, 0.2) is 45.8 Å². The van der Waals surface area contributed by atoms with Gasteiger partial charge >= 0.3 is 12.1 Å². The van der Waals surface area contributed by atoms with Crippen molar-refractivity contribution in [1.82, 2.24) is 9.71 Å². The summed E-state index contributed by atoms with van der Waals surface area (Å²) >= 11 is 0. The highest BCUT2D eigenvalue weighted by Crippen LogP contribution is 2.34. The maximum atomic E-state index is 13.1. The van der Waals surface area contributed by atoms with E-state index in [-0.39, 0.29) is 32.9 Å². The number of fused-ring (bicyclic) bond motifs is 1. The van der Waals surface area contributed by atoms with Gasteiger partial charge in [0.05, 0.1) is 13.7 Å². The molecule has 3 rings (SSSR count). The molecule has 0 spiro atoms.